The van der Waals surface area contributed by atoms with Gasteiger partial charge in [-0.05, 0) is 13.3 Å². The van der Waals surface area contributed by atoms with E-state index in [1.807, 2.05) is 6.92 Å². The van der Waals surface area contributed by atoms with Gasteiger partial charge in [0, 0.05) is 18.5 Å². The van der Waals surface area contributed by atoms with E-state index in [0.717, 1.165) is 13.0 Å². The fourth-order valence-electron chi connectivity index (χ4n) is 1.82. The second-order valence-corrected chi connectivity index (χ2v) is 5.47. The molecule has 3 unspecified atom stereocenters. The minimum absolute atomic E-state index is 0.183. The van der Waals surface area contributed by atoms with Crippen LogP contribution in [0.1, 0.15) is 13.3 Å². The summed E-state index contributed by atoms with van der Waals surface area (Å²) in [5, 5.41) is 0. The highest BCUT2D eigenvalue weighted by atomic mass is 79.9. The minimum Gasteiger partial charge on any atom is -0.382 e. The Kier molecular flexibility index (Phi) is 10.0. The summed E-state index contributed by atoms with van der Waals surface area (Å²) in [7, 11) is 1.66. The highest BCUT2D eigenvalue weighted by molar-refractivity contribution is 9.09. The van der Waals surface area contributed by atoms with Crippen molar-refractivity contribution in [2.45, 2.75) is 30.4 Å². The number of hydrogen-bond donors (Lipinski definition) is 0. The number of rotatable bonds is 12. The predicted octanol–water partition coefficient (Wildman–Crippen LogP) is 1.62. The summed E-state index contributed by atoms with van der Waals surface area (Å²) < 4.78 is 26.9. The third-order valence-electron chi connectivity index (χ3n) is 2.90. The van der Waals surface area contributed by atoms with E-state index in [4.69, 9.17) is 23.7 Å². The normalized spacial score (nSPS) is 26.4. The molecule has 0 aromatic heterocycles. The second-order valence-electron chi connectivity index (χ2n) is 4.30. The molecule has 114 valence electrons. The molecule has 0 N–H and O–H groups in total. The van der Waals surface area contributed by atoms with E-state index in [0.29, 0.717) is 44.5 Å². The molecule has 6 heteroatoms. The van der Waals surface area contributed by atoms with E-state index in [9.17, 15) is 0 Å². The van der Waals surface area contributed by atoms with Gasteiger partial charge in [-0.1, -0.05) is 15.9 Å². The van der Waals surface area contributed by atoms with Crippen LogP contribution in [-0.4, -0.2) is 70.4 Å². The zero-order valence-electron chi connectivity index (χ0n) is 11.8. The Bertz CT molecular complexity index is 217. The van der Waals surface area contributed by atoms with Gasteiger partial charge in [0.25, 0.3) is 0 Å². The van der Waals surface area contributed by atoms with Gasteiger partial charge in [-0.15, -0.1) is 0 Å². The van der Waals surface area contributed by atoms with Crippen molar-refractivity contribution in [3.8, 4) is 0 Å². The van der Waals surface area contributed by atoms with E-state index in [-0.39, 0.29) is 12.2 Å². The van der Waals surface area contributed by atoms with Gasteiger partial charge in [0.1, 0.15) is 0 Å². The van der Waals surface area contributed by atoms with Gasteiger partial charge in [0.2, 0.25) is 0 Å². The molecule has 0 bridgehead atoms. The molecule has 1 rings (SSSR count). The highest BCUT2D eigenvalue weighted by Crippen LogP contribution is 2.33. The molecule has 0 radical (unpaired) electrons. The Morgan fingerprint density at radius 3 is 2.16 bits per heavy atom. The van der Waals surface area contributed by atoms with Gasteiger partial charge < -0.3 is 23.7 Å². The van der Waals surface area contributed by atoms with Crippen LogP contribution < -0.4 is 0 Å². The first-order chi connectivity index (χ1) is 9.29. The van der Waals surface area contributed by atoms with Crippen LogP contribution in [0.15, 0.2) is 0 Å². The maximum atomic E-state index is 5.72. The Morgan fingerprint density at radius 1 is 0.947 bits per heavy atom. The molecular formula is C13H25BrO5. The van der Waals surface area contributed by atoms with Crippen molar-refractivity contribution >= 4 is 15.9 Å². The number of hydrogen-bond acceptors (Lipinski definition) is 5. The number of ether oxygens (including phenoxy) is 5. The SMILES string of the molecule is CCOC1C(Br)CC1OCCOCCOCCOC. The van der Waals surface area contributed by atoms with Crippen molar-refractivity contribution in [3.05, 3.63) is 0 Å². The van der Waals surface area contributed by atoms with Gasteiger partial charge in [-0.3, -0.25) is 0 Å². The lowest BCUT2D eigenvalue weighted by Crippen LogP contribution is -2.51. The maximum absolute atomic E-state index is 5.72. The Labute approximate surface area is 124 Å². The van der Waals surface area contributed by atoms with Crippen LogP contribution in [0.5, 0.6) is 0 Å². The first-order valence-electron chi connectivity index (χ1n) is 6.81. The average Bonchev–Trinajstić information content (AvgIpc) is 2.41. The topological polar surface area (TPSA) is 46.2 Å². The molecule has 0 aromatic carbocycles. The van der Waals surface area contributed by atoms with Crippen molar-refractivity contribution < 1.29 is 23.7 Å². The average molecular weight is 341 g/mol. The summed E-state index contributed by atoms with van der Waals surface area (Å²) in [5.41, 5.74) is 0. The molecule has 0 amide bonds. The molecular weight excluding hydrogens is 316 g/mol. The molecule has 0 aliphatic heterocycles. The van der Waals surface area contributed by atoms with Crippen molar-refractivity contribution in [3.63, 3.8) is 0 Å². The van der Waals surface area contributed by atoms with Crippen LogP contribution in [0.25, 0.3) is 0 Å². The number of alkyl halides is 1. The molecule has 0 spiro atoms. The highest BCUT2D eigenvalue weighted by Gasteiger charge is 2.40. The summed E-state index contributed by atoms with van der Waals surface area (Å²) in [6.45, 7) is 6.34. The van der Waals surface area contributed by atoms with E-state index in [1.165, 1.54) is 0 Å². The first kappa shape index (κ1) is 17.3. The predicted molar refractivity (Wildman–Crippen MR) is 76.0 cm³/mol. The molecule has 0 heterocycles. The van der Waals surface area contributed by atoms with Gasteiger partial charge in [-0.2, -0.15) is 0 Å². The van der Waals surface area contributed by atoms with Crippen LogP contribution in [0.2, 0.25) is 0 Å². The summed E-state index contributed by atoms with van der Waals surface area (Å²) in [4.78, 5) is 0.424. The van der Waals surface area contributed by atoms with Crippen LogP contribution in [0.3, 0.4) is 0 Å². The zero-order chi connectivity index (χ0) is 13.9. The molecule has 1 fully saturated rings. The van der Waals surface area contributed by atoms with Crippen molar-refractivity contribution in [2.24, 2.45) is 0 Å². The van der Waals surface area contributed by atoms with Crippen LogP contribution >= 0.6 is 15.9 Å². The third kappa shape index (κ3) is 7.02. The maximum Gasteiger partial charge on any atom is 0.0962 e. The summed E-state index contributed by atoms with van der Waals surface area (Å²) in [6.07, 6.45) is 1.39. The van der Waals surface area contributed by atoms with Crippen molar-refractivity contribution in [2.75, 3.05) is 53.4 Å². The first-order valence-corrected chi connectivity index (χ1v) is 7.72. The molecule has 1 saturated carbocycles. The van der Waals surface area contributed by atoms with Gasteiger partial charge in [-0.25, -0.2) is 0 Å². The Morgan fingerprint density at radius 2 is 1.58 bits per heavy atom. The second kappa shape index (κ2) is 11.0. The van der Waals surface area contributed by atoms with E-state index in [1.54, 1.807) is 7.11 Å². The largest absolute Gasteiger partial charge is 0.382 e. The van der Waals surface area contributed by atoms with E-state index < -0.39 is 0 Å². The van der Waals surface area contributed by atoms with E-state index in [2.05, 4.69) is 15.9 Å². The van der Waals surface area contributed by atoms with Crippen LogP contribution in [-0.2, 0) is 23.7 Å². The smallest absolute Gasteiger partial charge is 0.0962 e. The molecule has 1 aliphatic rings. The number of methoxy groups -OCH3 is 1. The van der Waals surface area contributed by atoms with Gasteiger partial charge in [0.05, 0.1) is 51.8 Å². The van der Waals surface area contributed by atoms with Gasteiger partial charge >= 0.3 is 0 Å². The lowest BCUT2D eigenvalue weighted by Gasteiger charge is -2.40. The lowest BCUT2D eigenvalue weighted by molar-refractivity contribution is -0.127. The minimum atomic E-state index is 0.183. The summed E-state index contributed by atoms with van der Waals surface area (Å²) >= 11 is 3.57. The molecule has 3 atom stereocenters. The fraction of sp³-hybridized carbons (Fsp3) is 1.00. The molecule has 19 heavy (non-hydrogen) atoms. The quantitative estimate of drug-likeness (QED) is 0.399. The third-order valence-corrected chi connectivity index (χ3v) is 3.80. The molecule has 0 saturated heterocycles. The fourth-order valence-corrected chi connectivity index (χ4v) is 2.68. The number of halogens is 1. The molecule has 1 aliphatic carbocycles. The van der Waals surface area contributed by atoms with Crippen molar-refractivity contribution in [1.29, 1.82) is 0 Å². The van der Waals surface area contributed by atoms with Crippen LogP contribution in [0, 0.1) is 0 Å². The molecule has 0 aromatic rings. The van der Waals surface area contributed by atoms with Gasteiger partial charge in [0.15, 0.2) is 0 Å². The Balaban J connectivity index is 1.86. The van der Waals surface area contributed by atoms with Crippen LogP contribution in [0.4, 0.5) is 0 Å². The lowest BCUT2D eigenvalue weighted by atomic mass is 9.91. The molecule has 5 nitrogen and oxygen atoms in total. The standard InChI is InChI=1S/C13H25BrO5/c1-3-18-13-11(14)10-12(13)19-9-8-17-7-6-16-5-4-15-2/h11-13H,3-10H2,1-2H3. The summed E-state index contributed by atoms with van der Waals surface area (Å²) in [5.74, 6) is 0. The van der Waals surface area contributed by atoms with E-state index >= 15 is 0 Å². The summed E-state index contributed by atoms with van der Waals surface area (Å²) in [6, 6.07) is 0. The van der Waals surface area contributed by atoms with Crippen molar-refractivity contribution in [1.82, 2.24) is 0 Å². The zero-order valence-corrected chi connectivity index (χ0v) is 13.4. The Hall–Kier alpha value is 0.280. The monoisotopic (exact) mass is 340 g/mol.